The first-order valence-electron chi connectivity index (χ1n) is 6.38. The van der Waals surface area contributed by atoms with Gasteiger partial charge in [-0.05, 0) is 17.7 Å². The first kappa shape index (κ1) is 17.2. The number of primary amides is 1. The number of nitrogens with two attached hydrogens (primary N) is 1. The van der Waals surface area contributed by atoms with E-state index in [-0.39, 0.29) is 5.70 Å². The van der Waals surface area contributed by atoms with Crippen LogP contribution in [0.15, 0.2) is 24.4 Å². The molecule has 0 aromatic heterocycles. The SMILES string of the molecule is C=C(NCc1cc(OC)c(OC)c(OC)c1)C(C#N)C(N)=O. The smallest absolute Gasteiger partial charge is 0.240 e. The van der Waals surface area contributed by atoms with Gasteiger partial charge < -0.3 is 25.3 Å². The lowest BCUT2D eigenvalue weighted by atomic mass is 10.1. The maximum absolute atomic E-state index is 11.1. The minimum atomic E-state index is -1.08. The summed E-state index contributed by atoms with van der Waals surface area (Å²) in [6, 6.07) is 5.31. The Labute approximate surface area is 129 Å². The Morgan fingerprint density at radius 3 is 2.23 bits per heavy atom. The Morgan fingerprint density at radius 1 is 1.32 bits per heavy atom. The molecule has 0 heterocycles. The van der Waals surface area contributed by atoms with Gasteiger partial charge in [-0.3, -0.25) is 4.79 Å². The van der Waals surface area contributed by atoms with Crippen LogP contribution in [0.1, 0.15) is 5.56 Å². The van der Waals surface area contributed by atoms with Gasteiger partial charge in [-0.1, -0.05) is 6.58 Å². The molecule has 0 aliphatic rings. The Hall–Kier alpha value is -2.88. The van der Waals surface area contributed by atoms with Crippen LogP contribution >= 0.6 is 0 Å². The fourth-order valence-electron chi connectivity index (χ4n) is 1.87. The van der Waals surface area contributed by atoms with Crippen LogP contribution in [0.2, 0.25) is 0 Å². The number of hydrogen-bond acceptors (Lipinski definition) is 6. The summed E-state index contributed by atoms with van der Waals surface area (Å²) in [5.41, 5.74) is 6.17. The molecule has 1 unspecified atom stereocenters. The van der Waals surface area contributed by atoms with Crippen LogP contribution < -0.4 is 25.3 Å². The van der Waals surface area contributed by atoms with Gasteiger partial charge in [0.25, 0.3) is 0 Å². The van der Waals surface area contributed by atoms with Gasteiger partial charge in [-0.15, -0.1) is 0 Å². The molecule has 0 aliphatic carbocycles. The molecule has 1 rings (SSSR count). The highest BCUT2D eigenvalue weighted by Crippen LogP contribution is 2.38. The molecule has 0 fully saturated rings. The minimum Gasteiger partial charge on any atom is -0.493 e. The molecule has 3 N–H and O–H groups in total. The molecule has 0 radical (unpaired) electrons. The van der Waals surface area contributed by atoms with Crippen LogP contribution in [0, 0.1) is 17.2 Å². The van der Waals surface area contributed by atoms with E-state index >= 15 is 0 Å². The predicted octanol–water partition coefficient (Wildman–Crippen LogP) is 0.941. The first-order valence-corrected chi connectivity index (χ1v) is 6.38. The molecule has 0 saturated heterocycles. The number of nitrogens with one attached hydrogen (secondary N) is 1. The fourth-order valence-corrected chi connectivity index (χ4v) is 1.87. The summed E-state index contributed by atoms with van der Waals surface area (Å²) < 4.78 is 15.7. The van der Waals surface area contributed by atoms with Gasteiger partial charge in [0, 0.05) is 12.2 Å². The number of amides is 1. The number of benzene rings is 1. The normalized spacial score (nSPS) is 11.0. The number of hydrogen-bond donors (Lipinski definition) is 2. The van der Waals surface area contributed by atoms with E-state index in [1.807, 2.05) is 0 Å². The quantitative estimate of drug-likeness (QED) is 0.740. The third-order valence-corrected chi connectivity index (χ3v) is 3.01. The van der Waals surface area contributed by atoms with Gasteiger partial charge in [0.2, 0.25) is 11.7 Å². The van der Waals surface area contributed by atoms with Crippen molar-refractivity contribution in [3.8, 4) is 23.3 Å². The van der Waals surface area contributed by atoms with Crippen LogP contribution in [-0.4, -0.2) is 27.2 Å². The van der Waals surface area contributed by atoms with Gasteiger partial charge in [-0.25, -0.2) is 0 Å². The van der Waals surface area contributed by atoms with E-state index in [0.29, 0.717) is 23.8 Å². The molecule has 1 atom stereocenters. The van der Waals surface area contributed by atoms with Crippen LogP contribution in [-0.2, 0) is 11.3 Å². The molecular weight excluding hydrogens is 286 g/mol. The number of carbonyl (C=O) groups is 1. The van der Waals surface area contributed by atoms with Crippen molar-refractivity contribution >= 4 is 5.91 Å². The van der Waals surface area contributed by atoms with Crippen molar-refractivity contribution in [3.05, 3.63) is 30.0 Å². The van der Waals surface area contributed by atoms with Crippen molar-refractivity contribution in [3.63, 3.8) is 0 Å². The number of carbonyl (C=O) groups excluding carboxylic acids is 1. The summed E-state index contributed by atoms with van der Waals surface area (Å²) >= 11 is 0. The second-order valence-electron chi connectivity index (χ2n) is 4.38. The number of methoxy groups -OCH3 is 3. The zero-order valence-electron chi connectivity index (χ0n) is 12.8. The average Bonchev–Trinajstić information content (AvgIpc) is 2.51. The Balaban J connectivity index is 2.93. The summed E-state index contributed by atoms with van der Waals surface area (Å²) in [7, 11) is 4.56. The second kappa shape index (κ2) is 7.78. The molecule has 7 heteroatoms. The molecule has 0 saturated carbocycles. The predicted molar refractivity (Wildman–Crippen MR) is 80.4 cm³/mol. The molecule has 1 amide bonds. The highest BCUT2D eigenvalue weighted by atomic mass is 16.5. The van der Waals surface area contributed by atoms with E-state index in [2.05, 4.69) is 11.9 Å². The summed E-state index contributed by atoms with van der Waals surface area (Å²) in [5, 5.41) is 11.8. The minimum absolute atomic E-state index is 0.240. The van der Waals surface area contributed by atoms with Crippen molar-refractivity contribution in [2.24, 2.45) is 11.7 Å². The topological polar surface area (TPSA) is 107 Å². The summed E-state index contributed by atoms with van der Waals surface area (Å²) in [5.74, 6) is -0.321. The Bertz CT molecular complexity index is 582. The van der Waals surface area contributed by atoms with Crippen molar-refractivity contribution in [2.75, 3.05) is 21.3 Å². The molecular formula is C15H19N3O4. The monoisotopic (exact) mass is 305 g/mol. The number of nitriles is 1. The van der Waals surface area contributed by atoms with E-state index in [0.717, 1.165) is 5.56 Å². The number of ether oxygens (including phenoxy) is 3. The van der Waals surface area contributed by atoms with E-state index < -0.39 is 11.8 Å². The molecule has 1 aromatic rings. The summed E-state index contributed by atoms with van der Waals surface area (Å²) in [6.45, 7) is 3.98. The van der Waals surface area contributed by atoms with Crippen LogP contribution in [0.5, 0.6) is 17.2 Å². The van der Waals surface area contributed by atoms with Gasteiger partial charge >= 0.3 is 0 Å². The average molecular weight is 305 g/mol. The lowest BCUT2D eigenvalue weighted by Crippen LogP contribution is -2.29. The standard InChI is InChI=1S/C15H19N3O4/c1-9(11(7-16)15(17)19)18-8-10-5-12(20-2)14(22-4)13(6-10)21-3/h5-6,11,18H,1,8H2,2-4H3,(H2,17,19). The lowest BCUT2D eigenvalue weighted by molar-refractivity contribution is -0.119. The Kier molecular flexibility index (Phi) is 6.08. The zero-order valence-corrected chi connectivity index (χ0v) is 12.8. The summed E-state index contributed by atoms with van der Waals surface area (Å²) in [6.07, 6.45) is 0. The molecule has 0 aliphatic heterocycles. The van der Waals surface area contributed by atoms with Crippen molar-refractivity contribution in [2.45, 2.75) is 6.54 Å². The summed E-state index contributed by atoms with van der Waals surface area (Å²) in [4.78, 5) is 11.1. The molecule has 7 nitrogen and oxygen atoms in total. The van der Waals surface area contributed by atoms with Crippen molar-refractivity contribution in [1.82, 2.24) is 5.32 Å². The third-order valence-electron chi connectivity index (χ3n) is 3.01. The lowest BCUT2D eigenvalue weighted by Gasteiger charge is -2.16. The number of nitrogens with zero attached hydrogens (tertiary/aromatic N) is 1. The first-order chi connectivity index (χ1) is 10.5. The maximum atomic E-state index is 11.1. The zero-order chi connectivity index (χ0) is 16.7. The maximum Gasteiger partial charge on any atom is 0.240 e. The van der Waals surface area contributed by atoms with Gasteiger partial charge in [0.1, 0.15) is 0 Å². The number of rotatable bonds is 8. The molecule has 22 heavy (non-hydrogen) atoms. The molecule has 0 bridgehead atoms. The van der Waals surface area contributed by atoms with Gasteiger partial charge in [0.05, 0.1) is 27.4 Å². The highest BCUT2D eigenvalue weighted by molar-refractivity contribution is 5.82. The van der Waals surface area contributed by atoms with E-state index in [4.69, 9.17) is 25.2 Å². The molecule has 1 aromatic carbocycles. The van der Waals surface area contributed by atoms with Crippen LogP contribution in [0.4, 0.5) is 0 Å². The van der Waals surface area contributed by atoms with Crippen LogP contribution in [0.25, 0.3) is 0 Å². The highest BCUT2D eigenvalue weighted by Gasteiger charge is 2.18. The third kappa shape index (κ3) is 3.82. The van der Waals surface area contributed by atoms with Gasteiger partial charge in [-0.2, -0.15) is 5.26 Å². The van der Waals surface area contributed by atoms with Crippen molar-refractivity contribution in [1.29, 1.82) is 5.26 Å². The van der Waals surface area contributed by atoms with E-state index in [1.54, 1.807) is 18.2 Å². The molecule has 0 spiro atoms. The van der Waals surface area contributed by atoms with Gasteiger partial charge in [0.15, 0.2) is 17.4 Å². The van der Waals surface area contributed by atoms with E-state index in [9.17, 15) is 4.79 Å². The Morgan fingerprint density at radius 2 is 1.86 bits per heavy atom. The van der Waals surface area contributed by atoms with Crippen molar-refractivity contribution < 1.29 is 19.0 Å². The molecule has 118 valence electrons. The van der Waals surface area contributed by atoms with E-state index in [1.165, 1.54) is 21.3 Å². The fraction of sp³-hybridized carbons (Fsp3) is 0.333. The second-order valence-corrected chi connectivity index (χ2v) is 4.38. The van der Waals surface area contributed by atoms with Crippen LogP contribution in [0.3, 0.4) is 0 Å². The largest absolute Gasteiger partial charge is 0.493 e.